The molecule has 0 saturated heterocycles. The Kier molecular flexibility index (Phi) is 9.72. The molecule has 0 fully saturated rings. The highest BCUT2D eigenvalue weighted by molar-refractivity contribution is 5.79. The topological polar surface area (TPSA) is 64.1 Å². The fraction of sp³-hybridized carbons (Fsp3) is 0.409. The molecule has 2 rings (SSSR count). The minimum atomic E-state index is 0.607. The van der Waals surface area contributed by atoms with E-state index in [1.54, 1.807) is 14.2 Å². The van der Waals surface area contributed by atoms with Crippen molar-refractivity contribution in [1.29, 1.82) is 0 Å². The molecule has 0 aliphatic heterocycles. The molecule has 2 N–H and O–H groups in total. The summed E-state index contributed by atoms with van der Waals surface area (Å²) in [6, 6.07) is 15.9. The van der Waals surface area contributed by atoms with E-state index in [0.29, 0.717) is 19.8 Å². The third-order valence-electron chi connectivity index (χ3n) is 4.11. The average Bonchev–Trinajstić information content (AvgIpc) is 2.75. The molecule has 0 aliphatic rings. The van der Waals surface area contributed by atoms with Crippen LogP contribution >= 0.6 is 0 Å². The van der Waals surface area contributed by atoms with Gasteiger partial charge < -0.3 is 24.8 Å². The molecule has 152 valence electrons. The normalized spacial score (nSPS) is 11.2. The zero-order chi connectivity index (χ0) is 20.0. The van der Waals surface area contributed by atoms with Crippen molar-refractivity contribution in [3.63, 3.8) is 0 Å². The lowest BCUT2D eigenvalue weighted by Gasteiger charge is -2.11. The Morgan fingerprint density at radius 1 is 0.857 bits per heavy atom. The number of nitrogens with one attached hydrogen (secondary N) is 2. The van der Waals surface area contributed by atoms with E-state index in [9.17, 15) is 0 Å². The third kappa shape index (κ3) is 7.88. The van der Waals surface area contributed by atoms with E-state index in [0.717, 1.165) is 48.1 Å². The lowest BCUT2D eigenvalue weighted by molar-refractivity contribution is 0.119. The summed E-state index contributed by atoms with van der Waals surface area (Å²) in [6.45, 7) is 5.60. The Hall–Kier alpha value is -2.73. The maximum atomic E-state index is 5.73. The largest absolute Gasteiger partial charge is 0.497 e. The van der Waals surface area contributed by atoms with Crippen molar-refractivity contribution in [2.45, 2.75) is 26.5 Å². The van der Waals surface area contributed by atoms with Crippen LogP contribution in [0.3, 0.4) is 0 Å². The molecule has 0 unspecified atom stereocenters. The molecule has 0 atom stereocenters. The highest BCUT2D eigenvalue weighted by Gasteiger charge is 1.99. The molecule has 2 aromatic carbocycles. The summed E-state index contributed by atoms with van der Waals surface area (Å²) < 4.78 is 16.1. The fourth-order valence-electron chi connectivity index (χ4n) is 2.54. The number of ether oxygens (including phenoxy) is 3. The Bertz CT molecular complexity index is 700. The summed E-state index contributed by atoms with van der Waals surface area (Å²) in [7, 11) is 3.33. The van der Waals surface area contributed by atoms with Crippen LogP contribution in [0.4, 0.5) is 0 Å². The summed E-state index contributed by atoms with van der Waals surface area (Å²) in [5.41, 5.74) is 2.28. The summed E-state index contributed by atoms with van der Waals surface area (Å²) >= 11 is 0. The number of benzene rings is 2. The zero-order valence-corrected chi connectivity index (χ0v) is 17.0. The number of aliphatic imine (C=N–C) groups is 1. The first kappa shape index (κ1) is 21.6. The second-order valence-corrected chi connectivity index (χ2v) is 6.22. The number of hydrogen-bond acceptors (Lipinski definition) is 4. The molecule has 0 aromatic heterocycles. The minimum absolute atomic E-state index is 0.607. The molecule has 6 nitrogen and oxygen atoms in total. The molecule has 6 heteroatoms. The standard InChI is InChI=1S/C22H31N3O3/c1-4-23-22(25-16-18-6-10-20(26-2)11-7-18)24-14-5-15-28-17-19-8-12-21(27-3)13-9-19/h6-13H,4-5,14-17H2,1-3H3,(H2,23,24,25). The van der Waals surface area contributed by atoms with E-state index < -0.39 is 0 Å². The second kappa shape index (κ2) is 12.6. The summed E-state index contributed by atoms with van der Waals surface area (Å²) in [4.78, 5) is 4.62. The van der Waals surface area contributed by atoms with Crippen LogP contribution in [-0.4, -0.2) is 39.9 Å². The summed E-state index contributed by atoms with van der Waals surface area (Å²) in [5, 5.41) is 6.61. The smallest absolute Gasteiger partial charge is 0.191 e. The van der Waals surface area contributed by atoms with Crippen LogP contribution in [0.15, 0.2) is 53.5 Å². The monoisotopic (exact) mass is 385 g/mol. The van der Waals surface area contributed by atoms with Crippen LogP contribution in [0.25, 0.3) is 0 Å². The Labute approximate surface area is 167 Å². The molecule has 0 radical (unpaired) electrons. The van der Waals surface area contributed by atoms with Gasteiger partial charge >= 0.3 is 0 Å². The minimum Gasteiger partial charge on any atom is -0.497 e. The Morgan fingerprint density at radius 3 is 2.04 bits per heavy atom. The number of nitrogens with zero attached hydrogens (tertiary/aromatic N) is 1. The number of rotatable bonds is 11. The van der Waals surface area contributed by atoms with Crippen LogP contribution in [0.1, 0.15) is 24.5 Å². The van der Waals surface area contributed by atoms with Gasteiger partial charge in [0.1, 0.15) is 11.5 Å². The van der Waals surface area contributed by atoms with Gasteiger partial charge in [0.25, 0.3) is 0 Å². The Morgan fingerprint density at radius 2 is 1.46 bits per heavy atom. The van der Waals surface area contributed by atoms with Gasteiger partial charge in [0.15, 0.2) is 5.96 Å². The van der Waals surface area contributed by atoms with Crippen molar-refractivity contribution < 1.29 is 14.2 Å². The maximum absolute atomic E-state index is 5.73. The van der Waals surface area contributed by atoms with E-state index in [1.165, 1.54) is 0 Å². The first-order valence-electron chi connectivity index (χ1n) is 9.61. The van der Waals surface area contributed by atoms with Crippen molar-refractivity contribution >= 4 is 5.96 Å². The van der Waals surface area contributed by atoms with Crippen LogP contribution in [0, 0.1) is 0 Å². The molecular formula is C22H31N3O3. The average molecular weight is 386 g/mol. The van der Waals surface area contributed by atoms with E-state index in [-0.39, 0.29) is 0 Å². The van der Waals surface area contributed by atoms with Crippen LogP contribution in [0.5, 0.6) is 11.5 Å². The number of methoxy groups -OCH3 is 2. The van der Waals surface area contributed by atoms with E-state index in [1.807, 2.05) is 48.5 Å². The lowest BCUT2D eigenvalue weighted by atomic mass is 10.2. The molecule has 0 saturated carbocycles. The van der Waals surface area contributed by atoms with Crippen molar-refractivity contribution in [3.8, 4) is 11.5 Å². The van der Waals surface area contributed by atoms with Gasteiger partial charge in [-0.3, -0.25) is 0 Å². The molecule has 2 aromatic rings. The molecule has 0 spiro atoms. The predicted octanol–water partition coefficient (Wildman–Crippen LogP) is 3.37. The predicted molar refractivity (Wildman–Crippen MR) is 113 cm³/mol. The fourth-order valence-corrected chi connectivity index (χ4v) is 2.54. The maximum Gasteiger partial charge on any atom is 0.191 e. The van der Waals surface area contributed by atoms with Gasteiger partial charge in [-0.1, -0.05) is 24.3 Å². The van der Waals surface area contributed by atoms with Crippen molar-refractivity contribution in [2.24, 2.45) is 4.99 Å². The second-order valence-electron chi connectivity index (χ2n) is 6.22. The van der Waals surface area contributed by atoms with Crippen LogP contribution in [0.2, 0.25) is 0 Å². The van der Waals surface area contributed by atoms with Gasteiger partial charge in [0.05, 0.1) is 27.4 Å². The molecule has 0 aliphatic carbocycles. The van der Waals surface area contributed by atoms with Gasteiger partial charge in [-0.05, 0) is 48.7 Å². The highest BCUT2D eigenvalue weighted by atomic mass is 16.5. The van der Waals surface area contributed by atoms with E-state index >= 15 is 0 Å². The Balaban J connectivity index is 1.67. The molecule has 0 amide bonds. The molecule has 0 bridgehead atoms. The van der Waals surface area contributed by atoms with Gasteiger partial charge in [-0.25, -0.2) is 4.99 Å². The first-order valence-corrected chi connectivity index (χ1v) is 9.61. The molecule has 0 heterocycles. The van der Waals surface area contributed by atoms with E-state index in [4.69, 9.17) is 14.2 Å². The number of guanidine groups is 1. The van der Waals surface area contributed by atoms with E-state index in [2.05, 4.69) is 22.5 Å². The first-order chi connectivity index (χ1) is 13.7. The summed E-state index contributed by atoms with van der Waals surface area (Å²) in [5.74, 6) is 2.53. The molecule has 28 heavy (non-hydrogen) atoms. The van der Waals surface area contributed by atoms with Crippen molar-refractivity contribution in [2.75, 3.05) is 33.9 Å². The van der Waals surface area contributed by atoms with Gasteiger partial charge in [-0.2, -0.15) is 0 Å². The highest BCUT2D eigenvalue weighted by Crippen LogP contribution is 2.12. The third-order valence-corrected chi connectivity index (χ3v) is 4.11. The van der Waals surface area contributed by atoms with Gasteiger partial charge in [0, 0.05) is 19.7 Å². The van der Waals surface area contributed by atoms with Gasteiger partial charge in [0.2, 0.25) is 0 Å². The summed E-state index contributed by atoms with van der Waals surface area (Å²) in [6.07, 6.45) is 0.906. The zero-order valence-electron chi connectivity index (χ0n) is 17.0. The molecular weight excluding hydrogens is 354 g/mol. The SMILES string of the molecule is CCNC(=NCc1ccc(OC)cc1)NCCCOCc1ccc(OC)cc1. The van der Waals surface area contributed by atoms with Crippen LogP contribution < -0.4 is 20.1 Å². The van der Waals surface area contributed by atoms with Crippen molar-refractivity contribution in [1.82, 2.24) is 10.6 Å². The quantitative estimate of drug-likeness (QED) is 0.353. The van der Waals surface area contributed by atoms with Crippen molar-refractivity contribution in [3.05, 3.63) is 59.7 Å². The van der Waals surface area contributed by atoms with Crippen LogP contribution in [-0.2, 0) is 17.9 Å². The van der Waals surface area contributed by atoms with Gasteiger partial charge in [-0.15, -0.1) is 0 Å². The number of hydrogen-bond donors (Lipinski definition) is 2. The lowest BCUT2D eigenvalue weighted by Crippen LogP contribution is -2.38.